The van der Waals surface area contributed by atoms with Gasteiger partial charge in [-0.3, -0.25) is 4.79 Å². The summed E-state index contributed by atoms with van der Waals surface area (Å²) in [5.41, 5.74) is 3.33. The van der Waals surface area contributed by atoms with Crippen LogP contribution in [-0.2, 0) is 23.5 Å². The number of aromatic nitrogens is 2. The fourth-order valence-corrected chi connectivity index (χ4v) is 8.07. The zero-order chi connectivity index (χ0) is 33.7. The molecule has 3 N–H and O–H groups in total. The van der Waals surface area contributed by atoms with Gasteiger partial charge in [-0.15, -0.1) is 0 Å². The third kappa shape index (κ3) is 5.29. The maximum Gasteiger partial charge on any atom is 0.258 e. The van der Waals surface area contributed by atoms with E-state index in [-0.39, 0.29) is 28.3 Å². The number of hydrogen-bond donors (Lipinski definition) is 3. The summed E-state index contributed by atoms with van der Waals surface area (Å²) in [6, 6.07) is 33.2. The number of pyridine rings is 1. The van der Waals surface area contributed by atoms with Crippen LogP contribution in [0.2, 0.25) is 0 Å². The molecule has 0 amide bonds. The Morgan fingerprint density at radius 3 is 2.45 bits per heavy atom. The standard InChI is InChI=1S/C39H33N3O6S/c1-42-32-15-7-5-12-29(32)37(43)35(39(42)44)34(30-13-8-16-33-38(30)48-22-21-47-33)36-28(27-11-4-6-14-31(27)41-36)19-20-40-49(45,46)26-18-17-24-9-2-3-10-25(24)23-26/h2-18,23,34,40-41,43H,19-22H2,1H3. The zero-order valence-electron chi connectivity index (χ0n) is 26.6. The van der Waals surface area contributed by atoms with Crippen molar-refractivity contribution in [2.75, 3.05) is 19.8 Å². The summed E-state index contributed by atoms with van der Waals surface area (Å²) in [6.45, 7) is 0.804. The molecule has 0 fully saturated rings. The van der Waals surface area contributed by atoms with Gasteiger partial charge in [-0.1, -0.05) is 72.8 Å². The van der Waals surface area contributed by atoms with Gasteiger partial charge in [-0.25, -0.2) is 13.1 Å². The molecular formula is C39H33N3O6S. The number of rotatable bonds is 8. The zero-order valence-corrected chi connectivity index (χ0v) is 27.5. The van der Waals surface area contributed by atoms with E-state index in [0.717, 1.165) is 27.2 Å². The number of hydrogen-bond acceptors (Lipinski definition) is 6. The van der Waals surface area contributed by atoms with Gasteiger partial charge in [0.2, 0.25) is 10.0 Å². The van der Waals surface area contributed by atoms with Crippen molar-refractivity contribution in [2.45, 2.75) is 17.2 Å². The van der Waals surface area contributed by atoms with Crippen LogP contribution in [0.5, 0.6) is 17.2 Å². The predicted octanol–water partition coefficient (Wildman–Crippen LogP) is 6.35. The van der Waals surface area contributed by atoms with Crippen LogP contribution < -0.4 is 19.8 Å². The minimum atomic E-state index is -3.84. The van der Waals surface area contributed by atoms with E-state index < -0.39 is 15.9 Å². The second-order valence-electron chi connectivity index (χ2n) is 12.2. The number of nitrogens with one attached hydrogen (secondary N) is 2. The quantitative estimate of drug-likeness (QED) is 0.173. The Morgan fingerprint density at radius 2 is 1.59 bits per heavy atom. The molecule has 1 aliphatic rings. The van der Waals surface area contributed by atoms with Gasteiger partial charge in [0.05, 0.1) is 21.9 Å². The summed E-state index contributed by atoms with van der Waals surface area (Å²) < 4.78 is 43.5. The molecule has 10 heteroatoms. The van der Waals surface area contributed by atoms with Gasteiger partial charge in [0.1, 0.15) is 19.0 Å². The molecule has 3 heterocycles. The van der Waals surface area contributed by atoms with Gasteiger partial charge >= 0.3 is 0 Å². The molecule has 0 saturated carbocycles. The Bertz CT molecular complexity index is 2570. The lowest BCUT2D eigenvalue weighted by atomic mass is 9.84. The molecule has 0 bridgehead atoms. The number of H-pyrrole nitrogens is 1. The Kier molecular flexibility index (Phi) is 7.62. The molecule has 2 aromatic heterocycles. The minimum Gasteiger partial charge on any atom is -0.507 e. The lowest BCUT2D eigenvalue weighted by Gasteiger charge is -2.27. The first-order valence-corrected chi connectivity index (χ1v) is 17.6. The first kappa shape index (κ1) is 30.7. The molecule has 5 aromatic carbocycles. The van der Waals surface area contributed by atoms with E-state index in [4.69, 9.17) is 9.47 Å². The van der Waals surface area contributed by atoms with Crippen LogP contribution in [-0.4, -0.2) is 42.8 Å². The van der Waals surface area contributed by atoms with Crippen LogP contribution in [0.15, 0.2) is 119 Å². The average molecular weight is 672 g/mol. The molecule has 246 valence electrons. The molecule has 1 atom stereocenters. The molecule has 9 nitrogen and oxygen atoms in total. The van der Waals surface area contributed by atoms with E-state index in [1.54, 1.807) is 41.9 Å². The maximum absolute atomic E-state index is 14.3. The molecule has 0 saturated heterocycles. The summed E-state index contributed by atoms with van der Waals surface area (Å²) in [5.74, 6) is 0.0979. The molecule has 1 unspecified atom stereocenters. The summed E-state index contributed by atoms with van der Waals surface area (Å²) in [6.07, 6.45) is 0.295. The summed E-state index contributed by atoms with van der Waals surface area (Å²) in [4.78, 5) is 18.0. The van der Waals surface area contributed by atoms with Crippen LogP contribution in [0.3, 0.4) is 0 Å². The lowest BCUT2D eigenvalue weighted by Crippen LogP contribution is -2.28. The average Bonchev–Trinajstić information content (AvgIpc) is 3.49. The number of ether oxygens (including phenoxy) is 2. The normalized spacial score (nSPS) is 13.7. The smallest absolute Gasteiger partial charge is 0.258 e. The van der Waals surface area contributed by atoms with E-state index >= 15 is 0 Å². The van der Waals surface area contributed by atoms with Crippen LogP contribution in [0, 0.1) is 0 Å². The van der Waals surface area contributed by atoms with Crippen molar-refractivity contribution in [3.8, 4) is 17.2 Å². The molecular weight excluding hydrogens is 639 g/mol. The molecule has 0 radical (unpaired) electrons. The summed E-state index contributed by atoms with van der Waals surface area (Å²) in [7, 11) is -2.15. The number of fused-ring (bicyclic) bond motifs is 4. The number of benzene rings is 5. The third-order valence-electron chi connectivity index (χ3n) is 9.34. The second-order valence-corrected chi connectivity index (χ2v) is 13.9. The number of aryl methyl sites for hydroxylation is 1. The van der Waals surface area contributed by atoms with E-state index in [0.29, 0.717) is 53.3 Å². The van der Waals surface area contributed by atoms with Crippen LogP contribution >= 0.6 is 0 Å². The molecule has 49 heavy (non-hydrogen) atoms. The lowest BCUT2D eigenvalue weighted by molar-refractivity contribution is 0.169. The van der Waals surface area contributed by atoms with E-state index in [1.165, 1.54) is 0 Å². The van der Waals surface area contributed by atoms with Crippen molar-refractivity contribution in [3.05, 3.63) is 142 Å². The number of aromatic hydroxyl groups is 1. The van der Waals surface area contributed by atoms with Gasteiger partial charge in [0, 0.05) is 41.1 Å². The second kappa shape index (κ2) is 12.1. The number of aromatic amines is 1. The topological polar surface area (TPSA) is 123 Å². The Hall–Kier alpha value is -5.58. The first-order valence-electron chi connectivity index (χ1n) is 16.1. The molecule has 0 spiro atoms. The van der Waals surface area contributed by atoms with E-state index in [9.17, 15) is 18.3 Å². The molecule has 0 aliphatic carbocycles. The maximum atomic E-state index is 14.3. The third-order valence-corrected chi connectivity index (χ3v) is 10.8. The Balaban J connectivity index is 1.28. The predicted molar refractivity (Wildman–Crippen MR) is 190 cm³/mol. The van der Waals surface area contributed by atoms with Crippen molar-refractivity contribution in [2.24, 2.45) is 7.05 Å². The van der Waals surface area contributed by atoms with E-state index in [1.807, 2.05) is 78.9 Å². The molecule has 1 aliphatic heterocycles. The minimum absolute atomic E-state index is 0.0882. The van der Waals surface area contributed by atoms with Crippen LogP contribution in [0.25, 0.3) is 32.6 Å². The van der Waals surface area contributed by atoms with Crippen molar-refractivity contribution < 1.29 is 23.0 Å². The van der Waals surface area contributed by atoms with E-state index in [2.05, 4.69) is 9.71 Å². The fourth-order valence-electron chi connectivity index (χ4n) is 7.01. The highest BCUT2D eigenvalue weighted by Gasteiger charge is 2.34. The van der Waals surface area contributed by atoms with Gasteiger partial charge in [-0.05, 0) is 59.2 Å². The first-order chi connectivity index (χ1) is 23.8. The molecule has 7 aromatic rings. The number of nitrogens with zero attached hydrogens (tertiary/aromatic N) is 1. The fraction of sp³-hybridized carbons (Fsp3) is 0.154. The van der Waals surface area contributed by atoms with Crippen molar-refractivity contribution in [1.29, 1.82) is 0 Å². The molecule has 8 rings (SSSR count). The van der Waals surface area contributed by atoms with Gasteiger partial charge in [0.15, 0.2) is 11.5 Å². The monoisotopic (exact) mass is 671 g/mol. The van der Waals surface area contributed by atoms with Crippen molar-refractivity contribution in [1.82, 2.24) is 14.3 Å². The Labute approximate surface area is 282 Å². The highest BCUT2D eigenvalue weighted by molar-refractivity contribution is 7.89. The van der Waals surface area contributed by atoms with Crippen LogP contribution in [0.1, 0.15) is 28.3 Å². The van der Waals surface area contributed by atoms with Gasteiger partial charge in [0.25, 0.3) is 5.56 Å². The van der Waals surface area contributed by atoms with Crippen molar-refractivity contribution >= 4 is 42.6 Å². The SMILES string of the molecule is Cn1c(=O)c(C(c2cccc3c2OCCO3)c2[nH]c3ccccc3c2CCNS(=O)(=O)c2ccc3ccccc3c2)c(O)c2ccccc21. The Morgan fingerprint density at radius 1 is 0.857 bits per heavy atom. The highest BCUT2D eigenvalue weighted by atomic mass is 32.2. The number of para-hydroxylation sites is 3. The highest BCUT2D eigenvalue weighted by Crippen LogP contribution is 2.47. The summed E-state index contributed by atoms with van der Waals surface area (Å²) >= 11 is 0. The van der Waals surface area contributed by atoms with Gasteiger partial charge in [-0.2, -0.15) is 0 Å². The largest absolute Gasteiger partial charge is 0.507 e. The van der Waals surface area contributed by atoms with Crippen molar-refractivity contribution in [3.63, 3.8) is 0 Å². The van der Waals surface area contributed by atoms with Crippen LogP contribution in [0.4, 0.5) is 0 Å². The summed E-state index contributed by atoms with van der Waals surface area (Å²) in [5, 5.41) is 15.1. The number of sulfonamides is 1. The van der Waals surface area contributed by atoms with Gasteiger partial charge < -0.3 is 24.1 Å².